The number of rotatable bonds is 7. The van der Waals surface area contributed by atoms with Crippen molar-refractivity contribution in [2.24, 2.45) is 0 Å². The van der Waals surface area contributed by atoms with Gasteiger partial charge in [0.1, 0.15) is 6.04 Å². The summed E-state index contributed by atoms with van der Waals surface area (Å²) in [7, 11) is -3.66. The molecule has 0 bridgehead atoms. The van der Waals surface area contributed by atoms with E-state index in [9.17, 15) is 13.2 Å². The molecule has 0 aliphatic carbocycles. The Balaban J connectivity index is 2.32. The topological polar surface area (TPSA) is 66.5 Å². The summed E-state index contributed by atoms with van der Waals surface area (Å²) in [6.07, 6.45) is 1.52. The van der Waals surface area contributed by atoms with E-state index in [0.29, 0.717) is 12.1 Å². The van der Waals surface area contributed by atoms with Crippen LogP contribution in [0.2, 0.25) is 0 Å². The third-order valence-electron chi connectivity index (χ3n) is 5.57. The Hall–Kier alpha value is -2.34. The average Bonchev–Trinajstić information content (AvgIpc) is 2.66. The second kappa shape index (κ2) is 9.43. The molecule has 0 radical (unpaired) electrons. The van der Waals surface area contributed by atoms with E-state index in [-0.39, 0.29) is 17.4 Å². The van der Waals surface area contributed by atoms with Gasteiger partial charge in [-0.2, -0.15) is 0 Å². The first-order chi connectivity index (χ1) is 14.3. The molecule has 31 heavy (non-hydrogen) atoms. The minimum atomic E-state index is -3.66. The van der Waals surface area contributed by atoms with Crippen LogP contribution in [0.25, 0.3) is 0 Å². The highest BCUT2D eigenvalue weighted by molar-refractivity contribution is 7.92. The standard InChI is InChI=1S/C25H36N2O3S/c1-9-22(27(31(8,29)30)23-16-17(2)10-11-18(23)3)24(28)26-19(4)20-12-14-21(15-13-20)25(5,6)7/h10-16,19,22H,9H2,1-8H3,(H,26,28)/t19-,22+/m1/s1. The molecule has 2 aromatic carbocycles. The molecule has 170 valence electrons. The Morgan fingerprint density at radius 1 is 1.06 bits per heavy atom. The monoisotopic (exact) mass is 444 g/mol. The number of sulfonamides is 1. The van der Waals surface area contributed by atoms with Crippen LogP contribution in [-0.2, 0) is 20.2 Å². The lowest BCUT2D eigenvalue weighted by molar-refractivity contribution is -0.122. The van der Waals surface area contributed by atoms with Crippen LogP contribution in [0.3, 0.4) is 0 Å². The van der Waals surface area contributed by atoms with E-state index in [1.165, 1.54) is 9.87 Å². The Morgan fingerprint density at radius 3 is 2.13 bits per heavy atom. The molecule has 0 unspecified atom stereocenters. The van der Waals surface area contributed by atoms with Gasteiger partial charge in [-0.05, 0) is 60.9 Å². The second-order valence-electron chi connectivity index (χ2n) is 9.38. The van der Waals surface area contributed by atoms with Gasteiger partial charge in [-0.25, -0.2) is 8.42 Å². The molecular formula is C25H36N2O3S. The van der Waals surface area contributed by atoms with E-state index in [2.05, 4.69) is 38.2 Å². The number of amides is 1. The molecule has 0 saturated heterocycles. The molecule has 0 heterocycles. The van der Waals surface area contributed by atoms with Crippen molar-refractivity contribution in [1.29, 1.82) is 0 Å². The van der Waals surface area contributed by atoms with Crippen LogP contribution in [0.5, 0.6) is 0 Å². The molecule has 0 fully saturated rings. The first-order valence-corrected chi connectivity index (χ1v) is 12.6. The van der Waals surface area contributed by atoms with Crippen molar-refractivity contribution in [1.82, 2.24) is 5.32 Å². The van der Waals surface area contributed by atoms with Crippen molar-refractivity contribution < 1.29 is 13.2 Å². The first-order valence-electron chi connectivity index (χ1n) is 10.7. The third-order valence-corrected chi connectivity index (χ3v) is 6.73. The fraction of sp³-hybridized carbons (Fsp3) is 0.480. The number of hydrogen-bond acceptors (Lipinski definition) is 3. The van der Waals surface area contributed by atoms with Gasteiger partial charge in [0.15, 0.2) is 0 Å². The van der Waals surface area contributed by atoms with Crippen molar-refractivity contribution in [3.05, 3.63) is 64.7 Å². The maximum atomic E-state index is 13.2. The lowest BCUT2D eigenvalue weighted by atomic mass is 9.86. The van der Waals surface area contributed by atoms with E-state index in [4.69, 9.17) is 0 Å². The molecule has 6 heteroatoms. The smallest absolute Gasteiger partial charge is 0.244 e. The number of benzene rings is 2. The van der Waals surface area contributed by atoms with Crippen LogP contribution in [0.1, 0.15) is 69.3 Å². The Morgan fingerprint density at radius 2 is 1.65 bits per heavy atom. The lowest BCUT2D eigenvalue weighted by Crippen LogP contribution is -2.50. The summed E-state index contributed by atoms with van der Waals surface area (Å²) in [5.74, 6) is -0.304. The molecule has 2 atom stereocenters. The summed E-state index contributed by atoms with van der Waals surface area (Å²) >= 11 is 0. The Bertz CT molecular complexity index is 1020. The number of aryl methyl sites for hydroxylation is 2. The second-order valence-corrected chi connectivity index (χ2v) is 11.2. The summed E-state index contributed by atoms with van der Waals surface area (Å²) in [4.78, 5) is 13.2. The number of nitrogens with one attached hydrogen (secondary N) is 1. The fourth-order valence-corrected chi connectivity index (χ4v) is 4.92. The molecule has 0 saturated carbocycles. The van der Waals surface area contributed by atoms with Gasteiger partial charge in [-0.15, -0.1) is 0 Å². The summed E-state index contributed by atoms with van der Waals surface area (Å²) in [6, 6.07) is 12.8. The Labute approximate surface area is 187 Å². The SMILES string of the molecule is CC[C@@H](C(=O)N[C@H](C)c1ccc(C(C)(C)C)cc1)N(c1cc(C)ccc1C)S(C)(=O)=O. The van der Waals surface area contributed by atoms with Gasteiger partial charge < -0.3 is 5.32 Å². The van der Waals surface area contributed by atoms with E-state index < -0.39 is 16.1 Å². The molecular weight excluding hydrogens is 408 g/mol. The molecule has 1 amide bonds. The zero-order valence-corrected chi connectivity index (χ0v) is 20.8. The average molecular weight is 445 g/mol. The van der Waals surface area contributed by atoms with Gasteiger partial charge in [-0.3, -0.25) is 9.10 Å². The van der Waals surface area contributed by atoms with Gasteiger partial charge in [0.05, 0.1) is 18.0 Å². The van der Waals surface area contributed by atoms with Crippen molar-refractivity contribution >= 4 is 21.6 Å². The van der Waals surface area contributed by atoms with Crippen LogP contribution < -0.4 is 9.62 Å². The number of carbonyl (C=O) groups is 1. The highest BCUT2D eigenvalue weighted by atomic mass is 32.2. The number of hydrogen-bond donors (Lipinski definition) is 1. The van der Waals surface area contributed by atoms with Crippen molar-refractivity contribution in [3.8, 4) is 0 Å². The van der Waals surface area contributed by atoms with Gasteiger partial charge in [-0.1, -0.05) is 64.1 Å². The third kappa shape index (κ3) is 6.10. The van der Waals surface area contributed by atoms with Crippen LogP contribution >= 0.6 is 0 Å². The van der Waals surface area contributed by atoms with Crippen LogP contribution in [0.15, 0.2) is 42.5 Å². The number of nitrogens with zero attached hydrogens (tertiary/aromatic N) is 1. The van der Waals surface area contributed by atoms with Gasteiger partial charge in [0, 0.05) is 0 Å². The zero-order valence-electron chi connectivity index (χ0n) is 20.0. The van der Waals surface area contributed by atoms with Crippen LogP contribution in [-0.4, -0.2) is 26.6 Å². The summed E-state index contributed by atoms with van der Waals surface area (Å²) < 4.78 is 26.7. The summed E-state index contributed by atoms with van der Waals surface area (Å²) in [5.41, 5.74) is 4.56. The maximum absolute atomic E-state index is 13.2. The fourth-order valence-electron chi connectivity index (χ4n) is 3.66. The van der Waals surface area contributed by atoms with E-state index in [1.807, 2.05) is 58.0 Å². The van der Waals surface area contributed by atoms with E-state index >= 15 is 0 Å². The molecule has 0 aliphatic heterocycles. The van der Waals surface area contributed by atoms with E-state index in [1.54, 1.807) is 0 Å². The first kappa shape index (κ1) is 24.9. The van der Waals surface area contributed by atoms with Crippen molar-refractivity contribution in [2.75, 3.05) is 10.6 Å². The number of anilines is 1. The molecule has 0 spiro atoms. The Kier molecular flexibility index (Phi) is 7.58. The quantitative estimate of drug-likeness (QED) is 0.652. The van der Waals surface area contributed by atoms with Crippen LogP contribution in [0, 0.1) is 13.8 Å². The summed E-state index contributed by atoms with van der Waals surface area (Å²) in [6.45, 7) is 14.0. The van der Waals surface area contributed by atoms with Gasteiger partial charge in [0.2, 0.25) is 15.9 Å². The highest BCUT2D eigenvalue weighted by Crippen LogP contribution is 2.28. The molecule has 0 aromatic heterocycles. The van der Waals surface area contributed by atoms with Gasteiger partial charge in [0.25, 0.3) is 0 Å². The molecule has 1 N–H and O–H groups in total. The molecule has 5 nitrogen and oxygen atoms in total. The predicted molar refractivity (Wildman–Crippen MR) is 129 cm³/mol. The lowest BCUT2D eigenvalue weighted by Gasteiger charge is -2.32. The van der Waals surface area contributed by atoms with Crippen molar-refractivity contribution in [2.45, 2.75) is 72.4 Å². The number of carbonyl (C=O) groups excluding carboxylic acids is 1. The zero-order chi connectivity index (χ0) is 23.6. The maximum Gasteiger partial charge on any atom is 0.244 e. The van der Waals surface area contributed by atoms with Crippen LogP contribution in [0.4, 0.5) is 5.69 Å². The van der Waals surface area contributed by atoms with Gasteiger partial charge >= 0.3 is 0 Å². The normalized spacial score (nSPS) is 14.1. The minimum Gasteiger partial charge on any atom is -0.348 e. The predicted octanol–water partition coefficient (Wildman–Crippen LogP) is 5.02. The molecule has 2 aromatic rings. The summed E-state index contributed by atoms with van der Waals surface area (Å²) in [5, 5.41) is 3.02. The minimum absolute atomic E-state index is 0.0555. The largest absolute Gasteiger partial charge is 0.348 e. The van der Waals surface area contributed by atoms with Crippen molar-refractivity contribution in [3.63, 3.8) is 0 Å². The highest BCUT2D eigenvalue weighted by Gasteiger charge is 2.33. The molecule has 2 rings (SSSR count). The molecule has 0 aliphatic rings. The van der Waals surface area contributed by atoms with E-state index in [0.717, 1.165) is 22.9 Å².